The van der Waals surface area contributed by atoms with Gasteiger partial charge in [0.15, 0.2) is 0 Å². The first kappa shape index (κ1) is 23.4. The number of amides is 3. The van der Waals surface area contributed by atoms with E-state index in [2.05, 4.69) is 31.6 Å². The summed E-state index contributed by atoms with van der Waals surface area (Å²) in [5.74, 6) is -0.610. The van der Waals surface area contributed by atoms with E-state index in [-0.39, 0.29) is 30.7 Å². The summed E-state index contributed by atoms with van der Waals surface area (Å²) in [6, 6.07) is 6.03. The first-order chi connectivity index (χ1) is 14.3. The van der Waals surface area contributed by atoms with Crippen molar-refractivity contribution in [3.63, 3.8) is 0 Å². The van der Waals surface area contributed by atoms with Gasteiger partial charge in [-0.05, 0) is 30.0 Å². The summed E-state index contributed by atoms with van der Waals surface area (Å²) in [5.41, 5.74) is -0.839. The first-order valence-corrected chi connectivity index (χ1v) is 11.0. The molecular formula is C22H29BrN4O4. The lowest BCUT2D eigenvalue weighted by atomic mass is 9.85. The van der Waals surface area contributed by atoms with Crippen molar-refractivity contribution in [2.24, 2.45) is 10.4 Å². The Bertz CT molecular complexity index is 924. The van der Waals surface area contributed by atoms with E-state index in [9.17, 15) is 19.5 Å². The van der Waals surface area contributed by atoms with E-state index in [0.29, 0.717) is 5.84 Å². The van der Waals surface area contributed by atoms with Gasteiger partial charge in [-0.25, -0.2) is 0 Å². The Morgan fingerprint density at radius 2 is 1.94 bits per heavy atom. The van der Waals surface area contributed by atoms with Crippen molar-refractivity contribution < 1.29 is 19.5 Å². The average molecular weight is 493 g/mol. The van der Waals surface area contributed by atoms with Gasteiger partial charge >= 0.3 is 0 Å². The molecule has 1 aromatic carbocycles. The molecule has 2 aliphatic heterocycles. The standard InChI is InChI=1S/C22H29BrN4O4/c1-12(28)24-17(21(2,3)4)19(30)27-11-15(29)10-16(27)18-25-20(31)22(5,26-18)13-6-8-14(23)9-7-13/h6-9,15-17,29H,10-11H2,1-5H3,(H,24,28)(H,25,26,31). The van der Waals surface area contributed by atoms with Gasteiger partial charge in [0.2, 0.25) is 11.8 Å². The number of benzene rings is 1. The van der Waals surface area contributed by atoms with Gasteiger partial charge in [-0.15, -0.1) is 0 Å². The second kappa shape index (κ2) is 8.35. The molecule has 0 bridgehead atoms. The van der Waals surface area contributed by atoms with Crippen LogP contribution in [-0.4, -0.2) is 58.3 Å². The Morgan fingerprint density at radius 3 is 2.48 bits per heavy atom. The second-order valence-electron chi connectivity index (χ2n) is 9.45. The summed E-state index contributed by atoms with van der Waals surface area (Å²) in [6.45, 7) is 8.83. The molecule has 31 heavy (non-hydrogen) atoms. The molecule has 1 aromatic rings. The highest BCUT2D eigenvalue weighted by molar-refractivity contribution is 9.10. The van der Waals surface area contributed by atoms with Crippen molar-refractivity contribution in [1.82, 2.24) is 15.5 Å². The number of carbonyl (C=O) groups is 3. The van der Waals surface area contributed by atoms with Crippen LogP contribution in [0.1, 0.15) is 46.6 Å². The van der Waals surface area contributed by atoms with Crippen LogP contribution in [0.25, 0.3) is 0 Å². The van der Waals surface area contributed by atoms with Crippen LogP contribution in [0, 0.1) is 5.41 Å². The molecule has 0 aliphatic carbocycles. The molecule has 2 heterocycles. The van der Waals surface area contributed by atoms with Gasteiger partial charge in [-0.2, -0.15) is 4.99 Å². The third-order valence-electron chi connectivity index (χ3n) is 5.79. The fraction of sp³-hybridized carbons (Fsp3) is 0.545. The number of halogens is 1. The third-order valence-corrected chi connectivity index (χ3v) is 6.32. The molecule has 8 nitrogen and oxygen atoms in total. The van der Waals surface area contributed by atoms with Crippen molar-refractivity contribution >= 4 is 39.5 Å². The number of amidine groups is 1. The van der Waals surface area contributed by atoms with Crippen LogP contribution < -0.4 is 10.6 Å². The molecule has 4 unspecified atom stereocenters. The molecule has 3 rings (SSSR count). The van der Waals surface area contributed by atoms with E-state index in [1.54, 1.807) is 6.92 Å². The average Bonchev–Trinajstić information content (AvgIpc) is 3.19. The van der Waals surface area contributed by atoms with Crippen molar-refractivity contribution in [2.45, 2.75) is 64.8 Å². The predicted molar refractivity (Wildman–Crippen MR) is 120 cm³/mol. The molecule has 9 heteroatoms. The van der Waals surface area contributed by atoms with Crippen LogP contribution in [-0.2, 0) is 19.9 Å². The molecule has 168 valence electrons. The zero-order valence-electron chi connectivity index (χ0n) is 18.4. The van der Waals surface area contributed by atoms with Crippen molar-refractivity contribution in [1.29, 1.82) is 0 Å². The predicted octanol–water partition coefficient (Wildman–Crippen LogP) is 1.71. The smallest absolute Gasteiger partial charge is 0.277 e. The molecule has 0 radical (unpaired) electrons. The number of rotatable bonds is 4. The van der Waals surface area contributed by atoms with E-state index in [4.69, 9.17) is 0 Å². The van der Waals surface area contributed by atoms with Gasteiger partial charge in [0.05, 0.1) is 12.1 Å². The maximum atomic E-state index is 13.4. The van der Waals surface area contributed by atoms with Crippen LogP contribution >= 0.6 is 15.9 Å². The van der Waals surface area contributed by atoms with Gasteiger partial charge < -0.3 is 20.6 Å². The molecule has 0 spiro atoms. The number of hydrogen-bond donors (Lipinski definition) is 3. The van der Waals surface area contributed by atoms with Crippen molar-refractivity contribution in [3.05, 3.63) is 34.3 Å². The summed E-state index contributed by atoms with van der Waals surface area (Å²) in [4.78, 5) is 43.7. The number of aliphatic hydroxyl groups is 1. The molecule has 2 aliphatic rings. The van der Waals surface area contributed by atoms with Gasteiger partial charge in [0, 0.05) is 24.4 Å². The lowest BCUT2D eigenvalue weighted by molar-refractivity contribution is -0.139. The summed E-state index contributed by atoms with van der Waals surface area (Å²) in [7, 11) is 0. The number of hydrogen-bond acceptors (Lipinski definition) is 5. The highest BCUT2D eigenvalue weighted by Crippen LogP contribution is 2.32. The second-order valence-corrected chi connectivity index (χ2v) is 10.4. The number of nitrogens with one attached hydrogen (secondary N) is 2. The van der Waals surface area contributed by atoms with Crippen molar-refractivity contribution in [2.75, 3.05) is 6.54 Å². The first-order valence-electron chi connectivity index (χ1n) is 10.3. The lowest BCUT2D eigenvalue weighted by Crippen LogP contribution is -2.58. The van der Waals surface area contributed by atoms with Gasteiger partial charge in [0.25, 0.3) is 5.91 Å². The Balaban J connectivity index is 1.88. The number of β-amino-alcohol motifs (C(OH)–C–C–N with tert-alkyl or cyclic N) is 1. The van der Waals surface area contributed by atoms with E-state index in [1.807, 2.05) is 45.0 Å². The number of likely N-dealkylation sites (tertiary alicyclic amines) is 1. The molecular weight excluding hydrogens is 464 g/mol. The van der Waals surface area contributed by atoms with E-state index < -0.39 is 29.1 Å². The van der Waals surface area contributed by atoms with Crippen LogP contribution in [0.3, 0.4) is 0 Å². The van der Waals surface area contributed by atoms with Crippen LogP contribution in [0.5, 0.6) is 0 Å². The molecule has 0 saturated carbocycles. The fourth-order valence-electron chi connectivity index (χ4n) is 4.03. The normalized spacial score (nSPS) is 27.0. The van der Waals surface area contributed by atoms with Gasteiger partial charge in [-0.3, -0.25) is 14.4 Å². The zero-order valence-corrected chi connectivity index (χ0v) is 20.0. The number of carbonyl (C=O) groups excluding carboxylic acids is 3. The fourth-order valence-corrected chi connectivity index (χ4v) is 4.29. The minimum absolute atomic E-state index is 0.111. The maximum Gasteiger partial charge on any atom is 0.277 e. The van der Waals surface area contributed by atoms with Crippen molar-refractivity contribution in [3.8, 4) is 0 Å². The van der Waals surface area contributed by atoms with Crippen LogP contribution in [0.2, 0.25) is 0 Å². The monoisotopic (exact) mass is 492 g/mol. The summed E-state index contributed by atoms with van der Waals surface area (Å²) >= 11 is 3.39. The minimum Gasteiger partial charge on any atom is -0.391 e. The topological polar surface area (TPSA) is 111 Å². The van der Waals surface area contributed by atoms with Crippen LogP contribution in [0.15, 0.2) is 33.7 Å². The van der Waals surface area contributed by atoms with Gasteiger partial charge in [-0.1, -0.05) is 48.8 Å². The molecule has 3 N–H and O–H groups in total. The Hall–Kier alpha value is -2.26. The highest BCUT2D eigenvalue weighted by Gasteiger charge is 2.48. The number of nitrogens with zero attached hydrogens (tertiary/aromatic N) is 2. The summed E-state index contributed by atoms with van der Waals surface area (Å²) in [5, 5.41) is 16.3. The van der Waals surface area contributed by atoms with Gasteiger partial charge in [0.1, 0.15) is 17.4 Å². The largest absolute Gasteiger partial charge is 0.391 e. The summed E-state index contributed by atoms with van der Waals surface area (Å²) in [6.07, 6.45) is -0.482. The molecule has 4 atom stereocenters. The van der Waals surface area contributed by atoms with Crippen LogP contribution in [0.4, 0.5) is 0 Å². The number of aliphatic hydroxyl groups excluding tert-OH is 1. The van der Waals surface area contributed by atoms with E-state index in [1.165, 1.54) is 11.8 Å². The Kier molecular flexibility index (Phi) is 6.30. The van der Waals surface area contributed by atoms with E-state index >= 15 is 0 Å². The minimum atomic E-state index is -1.06. The molecule has 1 saturated heterocycles. The maximum absolute atomic E-state index is 13.4. The highest BCUT2D eigenvalue weighted by atomic mass is 79.9. The molecule has 3 amide bonds. The Labute approximate surface area is 190 Å². The lowest BCUT2D eigenvalue weighted by Gasteiger charge is -2.36. The third kappa shape index (κ3) is 4.67. The summed E-state index contributed by atoms with van der Waals surface area (Å²) < 4.78 is 0.897. The van der Waals surface area contributed by atoms with E-state index in [0.717, 1.165) is 10.0 Å². The molecule has 0 aromatic heterocycles. The quantitative estimate of drug-likeness (QED) is 0.592. The number of aliphatic imine (C=N–C) groups is 1. The Morgan fingerprint density at radius 1 is 1.32 bits per heavy atom. The SMILES string of the molecule is CC(=O)NC(C(=O)N1CC(O)CC1C1=NC(=O)C(C)(c2ccc(Br)cc2)N1)C(C)(C)C. The molecule has 1 fully saturated rings. The zero-order chi connectivity index (χ0) is 23.1.